The number of carbonyl (C=O) groups excluding carboxylic acids is 1. The van der Waals surface area contributed by atoms with E-state index in [4.69, 9.17) is 4.42 Å². The highest BCUT2D eigenvalue weighted by Gasteiger charge is 2.27. The molecule has 1 fully saturated rings. The van der Waals surface area contributed by atoms with E-state index in [0.29, 0.717) is 31.8 Å². The van der Waals surface area contributed by atoms with Crippen molar-refractivity contribution in [2.24, 2.45) is 0 Å². The summed E-state index contributed by atoms with van der Waals surface area (Å²) in [5, 5.41) is 15.2. The number of aliphatic hydroxyl groups is 1. The molecule has 1 aliphatic rings. The van der Waals surface area contributed by atoms with Crippen LogP contribution < -0.4 is 10.6 Å². The van der Waals surface area contributed by atoms with E-state index >= 15 is 0 Å². The number of halogens is 1. The summed E-state index contributed by atoms with van der Waals surface area (Å²) < 4.78 is 5.66. The second-order valence-electron chi connectivity index (χ2n) is 5.42. The first-order valence-electron chi connectivity index (χ1n) is 7.17. The number of hydrogen-bond acceptors (Lipinski definition) is 5. The summed E-state index contributed by atoms with van der Waals surface area (Å²) >= 11 is 0. The van der Waals surface area contributed by atoms with Gasteiger partial charge in [0.1, 0.15) is 5.52 Å². The molecule has 2 heterocycles. The number of nitrogens with zero attached hydrogens (tertiary/aromatic N) is 1. The molecular formula is C15H20ClN3O3. The number of fused-ring (bicyclic) bond motifs is 1. The zero-order chi connectivity index (χ0) is 14.8. The third-order valence-electron chi connectivity index (χ3n) is 3.73. The predicted molar refractivity (Wildman–Crippen MR) is 85.1 cm³/mol. The first-order valence-corrected chi connectivity index (χ1v) is 7.17. The molecule has 0 bridgehead atoms. The zero-order valence-corrected chi connectivity index (χ0v) is 13.2. The van der Waals surface area contributed by atoms with Gasteiger partial charge >= 0.3 is 0 Å². The highest BCUT2D eigenvalue weighted by Crippen LogP contribution is 2.18. The van der Waals surface area contributed by atoms with Crippen molar-refractivity contribution in [2.45, 2.75) is 31.9 Å². The van der Waals surface area contributed by atoms with Gasteiger partial charge in [-0.15, -0.1) is 12.4 Å². The fourth-order valence-corrected chi connectivity index (χ4v) is 2.57. The lowest BCUT2D eigenvalue weighted by Gasteiger charge is -2.09. The molecule has 0 spiro atoms. The van der Waals surface area contributed by atoms with Gasteiger partial charge in [-0.25, -0.2) is 4.98 Å². The molecule has 3 N–H and O–H groups in total. The lowest BCUT2D eigenvalue weighted by atomic mass is 10.2. The van der Waals surface area contributed by atoms with Crippen LogP contribution in [-0.4, -0.2) is 41.2 Å². The van der Waals surface area contributed by atoms with Crippen LogP contribution in [-0.2, 0) is 11.2 Å². The number of amides is 1. The molecule has 0 saturated carbocycles. The average Bonchev–Trinajstić information content (AvgIpc) is 3.05. The number of carbonyl (C=O) groups is 1. The van der Waals surface area contributed by atoms with E-state index in [1.165, 1.54) is 0 Å². The average molecular weight is 326 g/mol. The van der Waals surface area contributed by atoms with Crippen LogP contribution in [0.25, 0.3) is 11.1 Å². The van der Waals surface area contributed by atoms with Crippen molar-refractivity contribution in [3.05, 3.63) is 29.7 Å². The Morgan fingerprint density at radius 1 is 1.55 bits per heavy atom. The monoisotopic (exact) mass is 325 g/mol. The third kappa shape index (κ3) is 3.58. The molecule has 2 aromatic rings. The van der Waals surface area contributed by atoms with E-state index in [-0.39, 0.29) is 24.4 Å². The fraction of sp³-hybridized carbons (Fsp3) is 0.467. The topological polar surface area (TPSA) is 87.4 Å². The minimum Gasteiger partial charge on any atom is -0.441 e. The van der Waals surface area contributed by atoms with Crippen molar-refractivity contribution in [1.29, 1.82) is 0 Å². The SMILES string of the molecule is Cc1cccc2oc(CCNC(=O)[C@H]3C[C@H](O)CN3)nc12.Cl. The molecule has 120 valence electrons. The van der Waals surface area contributed by atoms with E-state index in [1.807, 2.05) is 25.1 Å². The molecule has 1 aromatic heterocycles. The number of aliphatic hydroxyl groups excluding tert-OH is 1. The second-order valence-corrected chi connectivity index (χ2v) is 5.42. The maximum absolute atomic E-state index is 11.9. The number of nitrogens with one attached hydrogen (secondary N) is 2. The Labute approximate surface area is 134 Å². The lowest BCUT2D eigenvalue weighted by molar-refractivity contribution is -0.122. The van der Waals surface area contributed by atoms with E-state index in [1.54, 1.807) is 0 Å². The molecule has 1 aliphatic heterocycles. The fourth-order valence-electron chi connectivity index (χ4n) is 2.57. The van der Waals surface area contributed by atoms with Crippen molar-refractivity contribution in [3.8, 4) is 0 Å². The molecule has 22 heavy (non-hydrogen) atoms. The maximum atomic E-state index is 11.9. The van der Waals surface area contributed by atoms with E-state index < -0.39 is 6.10 Å². The van der Waals surface area contributed by atoms with E-state index in [2.05, 4.69) is 15.6 Å². The summed E-state index contributed by atoms with van der Waals surface area (Å²) in [6.07, 6.45) is 0.587. The Bertz CT molecular complexity index is 659. The number of oxazole rings is 1. The first-order chi connectivity index (χ1) is 10.1. The molecule has 0 aliphatic carbocycles. The molecule has 0 unspecified atom stereocenters. The zero-order valence-electron chi connectivity index (χ0n) is 12.3. The molecule has 1 amide bonds. The Hall–Kier alpha value is -1.63. The van der Waals surface area contributed by atoms with E-state index in [0.717, 1.165) is 16.7 Å². The van der Waals surface area contributed by atoms with Gasteiger partial charge in [0.25, 0.3) is 0 Å². The summed E-state index contributed by atoms with van der Waals surface area (Å²) in [6, 6.07) is 5.52. The van der Waals surface area contributed by atoms with Crippen LogP contribution in [0.5, 0.6) is 0 Å². The van der Waals surface area contributed by atoms with Gasteiger partial charge in [0.05, 0.1) is 12.1 Å². The lowest BCUT2D eigenvalue weighted by Crippen LogP contribution is -2.41. The highest BCUT2D eigenvalue weighted by molar-refractivity contribution is 5.85. The molecule has 6 nitrogen and oxygen atoms in total. The minimum absolute atomic E-state index is 0. The van der Waals surface area contributed by atoms with Gasteiger partial charge in [0.15, 0.2) is 11.5 Å². The molecular weight excluding hydrogens is 306 g/mol. The summed E-state index contributed by atoms with van der Waals surface area (Å²) in [5.41, 5.74) is 2.73. The van der Waals surface area contributed by atoms with Crippen molar-refractivity contribution < 1.29 is 14.3 Å². The standard InChI is InChI=1S/C15H19N3O3.ClH/c1-9-3-2-4-12-14(9)18-13(21-12)5-6-16-15(20)11-7-10(19)8-17-11;/h2-4,10-11,17,19H,5-8H2,1H3,(H,16,20);1H/t10-,11+;/m0./s1. The Balaban J connectivity index is 0.00000176. The molecule has 1 aromatic carbocycles. The van der Waals surface area contributed by atoms with Crippen LogP contribution in [0.4, 0.5) is 0 Å². The number of β-amino-alcohol motifs (C(OH)–C–C–N with tert-alkyl or cyclic N) is 1. The van der Waals surface area contributed by atoms with Crippen molar-refractivity contribution >= 4 is 29.4 Å². The Morgan fingerprint density at radius 3 is 3.05 bits per heavy atom. The summed E-state index contributed by atoms with van der Waals surface area (Å²) in [6.45, 7) is 2.94. The maximum Gasteiger partial charge on any atom is 0.237 e. The van der Waals surface area contributed by atoms with Crippen LogP contribution in [0.2, 0.25) is 0 Å². The van der Waals surface area contributed by atoms with Crippen LogP contribution in [0.1, 0.15) is 17.9 Å². The summed E-state index contributed by atoms with van der Waals surface area (Å²) in [5.74, 6) is 0.540. The summed E-state index contributed by atoms with van der Waals surface area (Å²) in [4.78, 5) is 16.3. The van der Waals surface area contributed by atoms with Gasteiger partial charge in [-0.05, 0) is 25.0 Å². The quantitative estimate of drug-likeness (QED) is 0.778. The summed E-state index contributed by atoms with van der Waals surface area (Å²) in [7, 11) is 0. The normalized spacial score (nSPS) is 20.8. The van der Waals surface area contributed by atoms with Gasteiger partial charge in [-0.3, -0.25) is 4.79 Å². The van der Waals surface area contributed by atoms with E-state index in [9.17, 15) is 9.90 Å². The Kier molecular flexibility index (Phi) is 5.39. The van der Waals surface area contributed by atoms with Crippen LogP contribution >= 0.6 is 12.4 Å². The van der Waals surface area contributed by atoms with Crippen molar-refractivity contribution in [3.63, 3.8) is 0 Å². The number of aromatic nitrogens is 1. The van der Waals surface area contributed by atoms with Crippen molar-refractivity contribution in [2.75, 3.05) is 13.1 Å². The van der Waals surface area contributed by atoms with Gasteiger partial charge in [0, 0.05) is 19.5 Å². The molecule has 7 heteroatoms. The van der Waals surface area contributed by atoms with Gasteiger partial charge in [-0.1, -0.05) is 12.1 Å². The third-order valence-corrected chi connectivity index (χ3v) is 3.73. The molecule has 0 radical (unpaired) electrons. The Morgan fingerprint density at radius 2 is 2.36 bits per heavy atom. The smallest absolute Gasteiger partial charge is 0.237 e. The number of benzene rings is 1. The molecule has 1 saturated heterocycles. The minimum atomic E-state index is -0.430. The number of para-hydroxylation sites is 1. The van der Waals surface area contributed by atoms with Gasteiger partial charge in [0.2, 0.25) is 5.91 Å². The van der Waals surface area contributed by atoms with Crippen LogP contribution in [0.3, 0.4) is 0 Å². The van der Waals surface area contributed by atoms with Crippen LogP contribution in [0.15, 0.2) is 22.6 Å². The number of rotatable bonds is 4. The van der Waals surface area contributed by atoms with Gasteiger partial charge < -0.3 is 20.2 Å². The second kappa shape index (κ2) is 7.09. The molecule has 2 atom stereocenters. The van der Waals surface area contributed by atoms with Crippen LogP contribution in [0, 0.1) is 6.92 Å². The predicted octanol–water partition coefficient (Wildman–Crippen LogP) is 0.940. The van der Waals surface area contributed by atoms with Crippen molar-refractivity contribution in [1.82, 2.24) is 15.6 Å². The van der Waals surface area contributed by atoms with Gasteiger partial charge in [-0.2, -0.15) is 0 Å². The highest BCUT2D eigenvalue weighted by atomic mass is 35.5. The number of aryl methyl sites for hydroxylation is 1. The molecule has 3 rings (SSSR count). The number of hydrogen-bond donors (Lipinski definition) is 3. The largest absolute Gasteiger partial charge is 0.441 e. The first kappa shape index (κ1) is 16.7.